The fourth-order valence-electron chi connectivity index (χ4n) is 4.01. The second kappa shape index (κ2) is 7.23. The van der Waals surface area contributed by atoms with Crippen LogP contribution in [0.2, 0.25) is 0 Å². The zero-order valence-corrected chi connectivity index (χ0v) is 14.9. The van der Waals surface area contributed by atoms with Crippen LogP contribution in [0.25, 0.3) is 0 Å². The Labute approximate surface area is 144 Å². The van der Waals surface area contributed by atoms with Gasteiger partial charge in [0.2, 0.25) is 10.0 Å². The molecule has 0 bridgehead atoms. The summed E-state index contributed by atoms with van der Waals surface area (Å²) in [5, 5.41) is 0. The van der Waals surface area contributed by atoms with Crippen LogP contribution in [0.1, 0.15) is 55.8 Å². The lowest BCUT2D eigenvalue weighted by molar-refractivity contribution is 0.0526. The van der Waals surface area contributed by atoms with Gasteiger partial charge < -0.3 is 4.74 Å². The van der Waals surface area contributed by atoms with E-state index in [-0.39, 0.29) is 23.1 Å². The maximum atomic E-state index is 13.1. The number of piperidine rings is 1. The van der Waals surface area contributed by atoms with Gasteiger partial charge in [-0.3, -0.25) is 0 Å². The molecule has 1 saturated heterocycles. The van der Waals surface area contributed by atoms with E-state index in [0.717, 1.165) is 32.1 Å². The van der Waals surface area contributed by atoms with E-state index in [0.29, 0.717) is 12.5 Å². The van der Waals surface area contributed by atoms with E-state index >= 15 is 0 Å². The van der Waals surface area contributed by atoms with Crippen LogP contribution in [0.4, 0.5) is 0 Å². The van der Waals surface area contributed by atoms with Crippen molar-refractivity contribution in [1.29, 1.82) is 0 Å². The van der Waals surface area contributed by atoms with Gasteiger partial charge in [0.25, 0.3) is 0 Å². The first-order valence-corrected chi connectivity index (χ1v) is 10.3. The molecule has 132 valence electrons. The predicted octanol–water partition coefficient (Wildman–Crippen LogP) is 3.21. The summed E-state index contributed by atoms with van der Waals surface area (Å²) >= 11 is 0. The molecule has 0 spiro atoms. The number of nitrogens with zero attached hydrogens (tertiary/aromatic N) is 1. The molecule has 5 nitrogen and oxygen atoms in total. The van der Waals surface area contributed by atoms with Crippen LogP contribution >= 0.6 is 0 Å². The van der Waals surface area contributed by atoms with Crippen LogP contribution in [-0.2, 0) is 14.8 Å². The number of sulfonamides is 1. The highest BCUT2D eigenvalue weighted by atomic mass is 32.2. The van der Waals surface area contributed by atoms with Crippen molar-refractivity contribution in [3.63, 3.8) is 0 Å². The zero-order valence-electron chi connectivity index (χ0n) is 14.1. The Morgan fingerprint density at radius 3 is 2.75 bits per heavy atom. The van der Waals surface area contributed by atoms with Crippen LogP contribution in [0, 0.1) is 5.92 Å². The van der Waals surface area contributed by atoms with Crippen LogP contribution in [0.5, 0.6) is 0 Å². The maximum Gasteiger partial charge on any atom is 0.338 e. The highest BCUT2D eigenvalue weighted by Crippen LogP contribution is 2.38. The average Bonchev–Trinajstić information content (AvgIpc) is 2.61. The number of hydrogen-bond donors (Lipinski definition) is 0. The molecule has 0 radical (unpaired) electrons. The quantitative estimate of drug-likeness (QED) is 0.782. The second-order valence-corrected chi connectivity index (χ2v) is 8.51. The Hall–Kier alpha value is -1.40. The number of fused-ring (bicyclic) bond motifs is 1. The van der Waals surface area contributed by atoms with Gasteiger partial charge in [-0.05, 0) is 56.7 Å². The Morgan fingerprint density at radius 1 is 1.21 bits per heavy atom. The van der Waals surface area contributed by atoms with E-state index in [1.807, 2.05) is 0 Å². The van der Waals surface area contributed by atoms with Crippen LogP contribution in [-0.4, -0.2) is 37.9 Å². The molecule has 6 heteroatoms. The number of esters is 1. The first-order valence-electron chi connectivity index (χ1n) is 8.83. The lowest BCUT2D eigenvalue weighted by Gasteiger charge is -2.43. The fourth-order valence-corrected chi connectivity index (χ4v) is 5.81. The monoisotopic (exact) mass is 351 g/mol. The van der Waals surface area contributed by atoms with Crippen molar-refractivity contribution < 1.29 is 17.9 Å². The van der Waals surface area contributed by atoms with E-state index in [2.05, 4.69) is 0 Å². The molecule has 2 aliphatic rings. The third-order valence-electron chi connectivity index (χ3n) is 5.14. The van der Waals surface area contributed by atoms with Crippen LogP contribution < -0.4 is 0 Å². The first-order chi connectivity index (χ1) is 11.5. The summed E-state index contributed by atoms with van der Waals surface area (Å²) < 4.78 is 33.0. The molecule has 3 rings (SSSR count). The van der Waals surface area contributed by atoms with Crippen molar-refractivity contribution in [2.45, 2.75) is 56.4 Å². The lowest BCUT2D eigenvalue weighted by atomic mass is 9.79. The molecule has 1 aromatic carbocycles. The molecule has 1 heterocycles. The Balaban J connectivity index is 1.89. The van der Waals surface area contributed by atoms with Gasteiger partial charge in [-0.1, -0.05) is 18.9 Å². The summed E-state index contributed by atoms with van der Waals surface area (Å²) in [4.78, 5) is 12.1. The SMILES string of the molecule is CCOC(=O)c1cccc(S(=O)(=O)N2CCCC3CCCCC32)c1. The van der Waals surface area contributed by atoms with Crippen molar-refractivity contribution in [1.82, 2.24) is 4.31 Å². The Morgan fingerprint density at radius 2 is 1.96 bits per heavy atom. The standard InChI is InChI=1S/C18H25NO4S/c1-2-23-18(20)15-8-5-10-16(13-15)24(21,22)19-12-6-9-14-7-3-4-11-17(14)19/h5,8,10,13-14,17H,2-4,6-7,9,11-12H2,1H3. The maximum absolute atomic E-state index is 13.1. The van der Waals surface area contributed by atoms with Gasteiger partial charge in [-0.25, -0.2) is 13.2 Å². The molecule has 2 unspecified atom stereocenters. The summed E-state index contributed by atoms with van der Waals surface area (Å²) in [5.41, 5.74) is 0.287. The minimum absolute atomic E-state index is 0.115. The van der Waals surface area contributed by atoms with Crippen molar-refractivity contribution in [3.8, 4) is 0 Å². The van der Waals surface area contributed by atoms with Crippen molar-refractivity contribution in [3.05, 3.63) is 29.8 Å². The van der Waals surface area contributed by atoms with Gasteiger partial charge in [0.05, 0.1) is 17.1 Å². The number of carbonyl (C=O) groups is 1. The third-order valence-corrected chi connectivity index (χ3v) is 7.06. The largest absolute Gasteiger partial charge is 0.462 e. The fraction of sp³-hybridized carbons (Fsp3) is 0.611. The minimum Gasteiger partial charge on any atom is -0.462 e. The van der Waals surface area contributed by atoms with Crippen LogP contribution in [0.15, 0.2) is 29.2 Å². The molecule has 2 fully saturated rings. The van der Waals surface area contributed by atoms with Crippen molar-refractivity contribution in [2.24, 2.45) is 5.92 Å². The zero-order chi connectivity index (χ0) is 17.2. The van der Waals surface area contributed by atoms with E-state index in [4.69, 9.17) is 4.74 Å². The molecule has 0 amide bonds. The molecule has 1 aliphatic carbocycles. The summed E-state index contributed by atoms with van der Waals surface area (Å²) in [6, 6.07) is 6.34. The molecular formula is C18H25NO4S. The molecule has 1 aromatic rings. The normalized spacial score (nSPS) is 25.0. The minimum atomic E-state index is -3.58. The van der Waals surface area contributed by atoms with Crippen molar-refractivity contribution in [2.75, 3.05) is 13.2 Å². The van der Waals surface area contributed by atoms with Crippen molar-refractivity contribution >= 4 is 16.0 Å². The first kappa shape index (κ1) is 17.4. The molecule has 2 atom stereocenters. The molecule has 1 saturated carbocycles. The average molecular weight is 351 g/mol. The molecule has 0 aromatic heterocycles. The summed E-state index contributed by atoms with van der Waals surface area (Å²) in [5.74, 6) is -0.000693. The molecule has 1 aliphatic heterocycles. The Kier molecular flexibility index (Phi) is 5.25. The molecule has 0 N–H and O–H groups in total. The number of carbonyl (C=O) groups excluding carboxylic acids is 1. The third kappa shape index (κ3) is 3.35. The number of hydrogen-bond acceptors (Lipinski definition) is 4. The van der Waals surface area contributed by atoms with Gasteiger partial charge in [0.15, 0.2) is 0 Å². The predicted molar refractivity (Wildman–Crippen MR) is 91.3 cm³/mol. The van der Waals surface area contributed by atoms with E-state index in [1.54, 1.807) is 29.4 Å². The summed E-state index contributed by atoms with van der Waals surface area (Å²) in [7, 11) is -3.58. The second-order valence-electron chi connectivity index (χ2n) is 6.62. The van der Waals surface area contributed by atoms with E-state index in [9.17, 15) is 13.2 Å². The van der Waals surface area contributed by atoms with E-state index in [1.165, 1.54) is 12.5 Å². The summed E-state index contributed by atoms with van der Waals surface area (Å²) in [6.45, 7) is 2.58. The number of rotatable bonds is 4. The van der Waals surface area contributed by atoms with Gasteiger partial charge in [0, 0.05) is 12.6 Å². The molecular weight excluding hydrogens is 326 g/mol. The number of benzene rings is 1. The topological polar surface area (TPSA) is 63.7 Å². The van der Waals surface area contributed by atoms with E-state index < -0.39 is 16.0 Å². The number of ether oxygens (including phenoxy) is 1. The van der Waals surface area contributed by atoms with Gasteiger partial charge in [-0.2, -0.15) is 4.31 Å². The van der Waals surface area contributed by atoms with Gasteiger partial charge >= 0.3 is 5.97 Å². The highest BCUT2D eigenvalue weighted by molar-refractivity contribution is 7.89. The lowest BCUT2D eigenvalue weighted by Crippen LogP contribution is -2.49. The summed E-state index contributed by atoms with van der Waals surface area (Å²) in [6.07, 6.45) is 6.40. The van der Waals surface area contributed by atoms with Gasteiger partial charge in [-0.15, -0.1) is 0 Å². The highest BCUT2D eigenvalue weighted by Gasteiger charge is 2.40. The molecule has 24 heavy (non-hydrogen) atoms. The smallest absolute Gasteiger partial charge is 0.338 e. The Bertz CT molecular complexity index is 699. The van der Waals surface area contributed by atoms with Crippen LogP contribution in [0.3, 0.4) is 0 Å². The van der Waals surface area contributed by atoms with Gasteiger partial charge in [0.1, 0.15) is 0 Å².